The Hall–Kier alpha value is -2.47. The number of nitrogen functional groups attached to an aromatic ring is 1. The molecule has 0 aliphatic rings. The maximum atomic E-state index is 12.5. The molecule has 0 fully saturated rings. The van der Waals surface area contributed by atoms with Gasteiger partial charge in [0.25, 0.3) is 5.91 Å². The van der Waals surface area contributed by atoms with Gasteiger partial charge in [-0.05, 0) is 11.5 Å². The number of anilines is 1. The van der Waals surface area contributed by atoms with Crippen LogP contribution in [0.15, 0.2) is 41.2 Å². The highest BCUT2D eigenvalue weighted by atomic mass is 32.1. The quantitative estimate of drug-likeness (QED) is 0.806. The molecule has 2 N–H and O–H groups in total. The average Bonchev–Trinajstić information content (AvgIpc) is 2.99. The molecule has 0 spiro atoms. The summed E-state index contributed by atoms with van der Waals surface area (Å²) in [6.45, 7) is 0.455. The molecule has 0 saturated heterocycles. The molecule has 1 amide bonds. The predicted octanol–water partition coefficient (Wildman–Crippen LogP) is 2.55. The number of carbonyl (C=O) groups excluding carboxylic acids is 1. The van der Waals surface area contributed by atoms with E-state index in [9.17, 15) is 4.79 Å². The largest absolute Gasteiger partial charge is 0.383 e. The number of benzene rings is 1. The van der Waals surface area contributed by atoms with Crippen LogP contribution in [0.1, 0.15) is 16.2 Å². The normalized spacial score (nSPS) is 10.7. The van der Waals surface area contributed by atoms with E-state index in [0.717, 1.165) is 16.5 Å². The molecule has 0 atom stereocenters. The lowest BCUT2D eigenvalue weighted by Gasteiger charge is -2.16. The third-order valence-electron chi connectivity index (χ3n) is 3.22. The van der Waals surface area contributed by atoms with Crippen LogP contribution in [0, 0.1) is 0 Å². The van der Waals surface area contributed by atoms with Crippen LogP contribution in [-0.2, 0) is 6.54 Å². The van der Waals surface area contributed by atoms with E-state index in [0.29, 0.717) is 18.1 Å². The smallest absolute Gasteiger partial charge is 0.272 e. The molecule has 106 valence electrons. The van der Waals surface area contributed by atoms with Crippen LogP contribution in [-0.4, -0.2) is 27.8 Å². The Bertz CT molecular complexity index is 785. The highest BCUT2D eigenvalue weighted by molar-refractivity contribution is 7.07. The highest BCUT2D eigenvalue weighted by Crippen LogP contribution is 2.20. The zero-order valence-corrected chi connectivity index (χ0v) is 12.3. The van der Waals surface area contributed by atoms with Crippen molar-refractivity contribution in [1.82, 2.24) is 14.9 Å². The number of hydrogen-bond donors (Lipinski definition) is 1. The molecule has 21 heavy (non-hydrogen) atoms. The average molecular weight is 298 g/mol. The number of aromatic nitrogens is 2. The second-order valence-corrected chi connectivity index (χ2v) is 5.47. The standard InChI is InChI=1S/C15H14N4OS/c1-19(7-11-8-21-9-17-11)15(20)13-6-10-4-2-3-5-12(10)14(16)18-13/h2-6,8-9H,7H2,1H3,(H2,16,18). The first-order valence-electron chi connectivity index (χ1n) is 6.43. The number of amides is 1. The minimum atomic E-state index is -0.166. The van der Waals surface area contributed by atoms with Crippen molar-refractivity contribution in [3.63, 3.8) is 0 Å². The summed E-state index contributed by atoms with van der Waals surface area (Å²) in [6, 6.07) is 9.40. The third-order valence-corrected chi connectivity index (χ3v) is 3.85. The molecule has 0 aliphatic heterocycles. The van der Waals surface area contributed by atoms with Gasteiger partial charge in [-0.1, -0.05) is 24.3 Å². The molecule has 3 aromatic rings. The van der Waals surface area contributed by atoms with E-state index in [2.05, 4.69) is 9.97 Å². The Morgan fingerprint density at radius 2 is 2.19 bits per heavy atom. The molecule has 5 nitrogen and oxygen atoms in total. The van der Waals surface area contributed by atoms with E-state index in [4.69, 9.17) is 5.73 Å². The van der Waals surface area contributed by atoms with Gasteiger partial charge in [0.1, 0.15) is 11.5 Å². The van der Waals surface area contributed by atoms with Crippen molar-refractivity contribution in [3.05, 3.63) is 52.6 Å². The summed E-state index contributed by atoms with van der Waals surface area (Å²) in [7, 11) is 1.73. The molecule has 0 unspecified atom stereocenters. The maximum absolute atomic E-state index is 12.5. The fraction of sp³-hybridized carbons (Fsp3) is 0.133. The van der Waals surface area contributed by atoms with Gasteiger partial charge < -0.3 is 10.6 Å². The fourth-order valence-electron chi connectivity index (χ4n) is 2.16. The zero-order valence-electron chi connectivity index (χ0n) is 11.5. The van der Waals surface area contributed by atoms with E-state index < -0.39 is 0 Å². The number of rotatable bonds is 3. The molecule has 0 bridgehead atoms. The Morgan fingerprint density at radius 1 is 1.38 bits per heavy atom. The van der Waals surface area contributed by atoms with E-state index in [1.165, 1.54) is 11.3 Å². The minimum Gasteiger partial charge on any atom is -0.383 e. The van der Waals surface area contributed by atoms with Crippen LogP contribution < -0.4 is 5.73 Å². The fourth-order valence-corrected chi connectivity index (χ4v) is 2.71. The Kier molecular flexibility index (Phi) is 3.53. The van der Waals surface area contributed by atoms with Crippen molar-refractivity contribution in [2.45, 2.75) is 6.54 Å². The molecular weight excluding hydrogens is 284 g/mol. The van der Waals surface area contributed by atoms with E-state index in [1.807, 2.05) is 29.6 Å². The van der Waals surface area contributed by atoms with E-state index >= 15 is 0 Å². The van der Waals surface area contributed by atoms with Crippen molar-refractivity contribution >= 4 is 33.8 Å². The van der Waals surface area contributed by atoms with Gasteiger partial charge in [0.2, 0.25) is 0 Å². The SMILES string of the molecule is CN(Cc1cscn1)C(=O)c1cc2ccccc2c(N)n1. The monoisotopic (exact) mass is 298 g/mol. The first-order valence-corrected chi connectivity index (χ1v) is 7.37. The molecule has 2 aromatic heterocycles. The summed E-state index contributed by atoms with van der Waals surface area (Å²) in [4.78, 5) is 22.4. The van der Waals surface area contributed by atoms with Crippen molar-refractivity contribution in [2.24, 2.45) is 0 Å². The van der Waals surface area contributed by atoms with Crippen LogP contribution in [0.3, 0.4) is 0 Å². The van der Waals surface area contributed by atoms with Gasteiger partial charge in [-0.25, -0.2) is 9.97 Å². The molecule has 0 aliphatic carbocycles. The topological polar surface area (TPSA) is 72.1 Å². The van der Waals surface area contributed by atoms with Crippen molar-refractivity contribution in [3.8, 4) is 0 Å². The van der Waals surface area contributed by atoms with Gasteiger partial charge in [0, 0.05) is 17.8 Å². The number of nitrogens with zero attached hydrogens (tertiary/aromatic N) is 3. The van der Waals surface area contributed by atoms with Gasteiger partial charge in [-0.3, -0.25) is 4.79 Å². The number of fused-ring (bicyclic) bond motifs is 1. The summed E-state index contributed by atoms with van der Waals surface area (Å²) in [5.74, 6) is 0.207. The van der Waals surface area contributed by atoms with Crippen molar-refractivity contribution < 1.29 is 4.79 Å². The summed E-state index contributed by atoms with van der Waals surface area (Å²) in [6.07, 6.45) is 0. The van der Waals surface area contributed by atoms with Crippen LogP contribution in [0.2, 0.25) is 0 Å². The molecule has 1 aromatic carbocycles. The second-order valence-electron chi connectivity index (χ2n) is 4.75. The first kappa shape index (κ1) is 13.5. The molecule has 6 heteroatoms. The van der Waals surface area contributed by atoms with Gasteiger partial charge in [0.05, 0.1) is 17.7 Å². The number of hydrogen-bond acceptors (Lipinski definition) is 5. The van der Waals surface area contributed by atoms with Crippen LogP contribution in [0.25, 0.3) is 10.8 Å². The first-order chi connectivity index (χ1) is 10.1. The summed E-state index contributed by atoms with van der Waals surface area (Å²) < 4.78 is 0. The summed E-state index contributed by atoms with van der Waals surface area (Å²) in [5, 5.41) is 3.69. The van der Waals surface area contributed by atoms with Crippen LogP contribution in [0.4, 0.5) is 5.82 Å². The van der Waals surface area contributed by atoms with Crippen LogP contribution >= 0.6 is 11.3 Å². The van der Waals surface area contributed by atoms with Gasteiger partial charge in [-0.2, -0.15) is 0 Å². The minimum absolute atomic E-state index is 0.166. The molecular formula is C15H14N4OS. The number of pyridine rings is 1. The molecule has 0 saturated carbocycles. The number of thiazole rings is 1. The summed E-state index contributed by atoms with van der Waals surface area (Å²) >= 11 is 1.51. The van der Waals surface area contributed by atoms with Crippen molar-refractivity contribution in [2.75, 3.05) is 12.8 Å². The Labute approximate surface area is 126 Å². The number of carbonyl (C=O) groups is 1. The van der Waals surface area contributed by atoms with Gasteiger partial charge >= 0.3 is 0 Å². The lowest BCUT2D eigenvalue weighted by atomic mass is 10.1. The maximum Gasteiger partial charge on any atom is 0.272 e. The van der Waals surface area contributed by atoms with E-state index in [-0.39, 0.29) is 5.91 Å². The molecule has 3 rings (SSSR count). The lowest BCUT2D eigenvalue weighted by molar-refractivity contribution is 0.0778. The molecule has 2 heterocycles. The van der Waals surface area contributed by atoms with E-state index in [1.54, 1.807) is 23.5 Å². The van der Waals surface area contributed by atoms with Crippen LogP contribution in [0.5, 0.6) is 0 Å². The predicted molar refractivity (Wildman–Crippen MR) is 84.1 cm³/mol. The second kappa shape index (κ2) is 5.49. The summed E-state index contributed by atoms with van der Waals surface area (Å²) in [5.41, 5.74) is 8.90. The van der Waals surface area contributed by atoms with Crippen molar-refractivity contribution in [1.29, 1.82) is 0 Å². The third kappa shape index (κ3) is 2.71. The van der Waals surface area contributed by atoms with Gasteiger partial charge in [0.15, 0.2) is 0 Å². The zero-order chi connectivity index (χ0) is 14.8. The number of nitrogens with two attached hydrogens (primary N) is 1. The lowest BCUT2D eigenvalue weighted by Crippen LogP contribution is -2.27. The van der Waals surface area contributed by atoms with Gasteiger partial charge in [-0.15, -0.1) is 11.3 Å². The Morgan fingerprint density at radius 3 is 2.95 bits per heavy atom. The molecule has 0 radical (unpaired) electrons. The Balaban J connectivity index is 1.90. The highest BCUT2D eigenvalue weighted by Gasteiger charge is 2.16.